The van der Waals surface area contributed by atoms with E-state index in [4.69, 9.17) is 0 Å². The molecule has 0 aromatic heterocycles. The normalized spacial score (nSPS) is 12.2. The molecule has 0 heterocycles. The molecule has 2 aromatic carbocycles. The zero-order chi connectivity index (χ0) is 19.5. The lowest BCUT2D eigenvalue weighted by molar-refractivity contribution is -0.139. The molecule has 10 heteroatoms. The van der Waals surface area contributed by atoms with Gasteiger partial charge in [0, 0.05) is 12.7 Å². The van der Waals surface area contributed by atoms with Crippen molar-refractivity contribution in [2.45, 2.75) is 11.1 Å². The van der Waals surface area contributed by atoms with E-state index in [1.54, 1.807) is 0 Å². The highest BCUT2D eigenvalue weighted by Gasteiger charge is 2.38. The van der Waals surface area contributed by atoms with Crippen LogP contribution in [-0.2, 0) is 21.0 Å². The summed E-state index contributed by atoms with van der Waals surface area (Å²) in [6, 6.07) is 8.58. The van der Waals surface area contributed by atoms with Crippen molar-refractivity contribution in [3.05, 3.63) is 59.9 Å². The van der Waals surface area contributed by atoms with E-state index in [1.165, 1.54) is 12.1 Å². The molecule has 2 rings (SSSR count). The zero-order valence-electron chi connectivity index (χ0n) is 13.4. The van der Waals surface area contributed by atoms with Gasteiger partial charge in [-0.3, -0.25) is 4.79 Å². The van der Waals surface area contributed by atoms with Crippen molar-refractivity contribution in [3.63, 3.8) is 0 Å². The lowest BCUT2D eigenvalue weighted by atomic mass is 10.2. The van der Waals surface area contributed by atoms with Crippen LogP contribution >= 0.6 is 0 Å². The van der Waals surface area contributed by atoms with Gasteiger partial charge < -0.3 is 5.32 Å². The van der Waals surface area contributed by atoms with Crippen LogP contribution < -0.4 is 5.32 Å². The second-order valence-corrected chi connectivity index (χ2v) is 7.33. The van der Waals surface area contributed by atoms with Gasteiger partial charge in [-0.15, -0.1) is 0 Å². The molecule has 0 aliphatic heterocycles. The first-order chi connectivity index (χ1) is 12.0. The first-order valence-corrected chi connectivity index (χ1v) is 8.64. The Morgan fingerprint density at radius 1 is 1.12 bits per heavy atom. The van der Waals surface area contributed by atoms with Gasteiger partial charge in [0.2, 0.25) is 15.9 Å². The number of likely N-dealkylation sites (N-methyl/N-ethyl adjacent to an activating group) is 1. The molecule has 1 N–H and O–H groups in total. The Kier molecular flexibility index (Phi) is 5.67. The number of carbonyl (C=O) groups excluding carboxylic acids is 1. The number of amides is 1. The largest absolute Gasteiger partial charge is 0.417 e. The summed E-state index contributed by atoms with van der Waals surface area (Å²) in [5.74, 6) is -1.44. The van der Waals surface area contributed by atoms with Crippen LogP contribution in [0.3, 0.4) is 0 Å². The molecule has 140 valence electrons. The van der Waals surface area contributed by atoms with Gasteiger partial charge in [0.25, 0.3) is 0 Å². The number of carbonyl (C=O) groups is 1. The van der Waals surface area contributed by atoms with Crippen molar-refractivity contribution in [2.75, 3.05) is 18.9 Å². The number of halogens is 4. The zero-order valence-corrected chi connectivity index (χ0v) is 14.2. The molecule has 0 radical (unpaired) electrons. The maximum Gasteiger partial charge on any atom is 0.417 e. The molecular formula is C16H14F4N2O3S. The van der Waals surface area contributed by atoms with E-state index in [-0.39, 0.29) is 5.69 Å². The molecule has 0 atom stereocenters. The lowest BCUT2D eigenvalue weighted by Crippen LogP contribution is -2.35. The minimum Gasteiger partial charge on any atom is -0.325 e. The molecule has 1 amide bonds. The first-order valence-electron chi connectivity index (χ1n) is 7.20. The fraction of sp³-hybridized carbons (Fsp3) is 0.188. The minimum absolute atomic E-state index is 0.0940. The Hall–Kier alpha value is -2.46. The van der Waals surface area contributed by atoms with Crippen LogP contribution in [0.25, 0.3) is 0 Å². The molecule has 0 aliphatic rings. The van der Waals surface area contributed by atoms with Gasteiger partial charge in [0.1, 0.15) is 5.82 Å². The number of nitrogens with one attached hydrogen (secondary N) is 1. The Balaban J connectivity index is 2.21. The van der Waals surface area contributed by atoms with Crippen molar-refractivity contribution in [2.24, 2.45) is 0 Å². The molecular weight excluding hydrogens is 376 g/mol. The van der Waals surface area contributed by atoms with Crippen molar-refractivity contribution in [1.82, 2.24) is 4.31 Å². The van der Waals surface area contributed by atoms with Crippen LogP contribution in [0.15, 0.2) is 53.4 Å². The van der Waals surface area contributed by atoms with E-state index < -0.39 is 44.9 Å². The average molecular weight is 390 g/mol. The molecule has 0 saturated carbocycles. The molecule has 0 unspecified atom stereocenters. The van der Waals surface area contributed by atoms with Crippen LogP contribution in [0.5, 0.6) is 0 Å². The predicted octanol–water partition coefficient (Wildman–Crippen LogP) is 3.10. The number of sulfonamides is 1. The third kappa shape index (κ3) is 4.58. The quantitative estimate of drug-likeness (QED) is 0.798. The maximum absolute atomic E-state index is 13.1. The van der Waals surface area contributed by atoms with Crippen molar-refractivity contribution < 1.29 is 30.8 Å². The summed E-state index contributed by atoms with van der Waals surface area (Å²) in [5.41, 5.74) is -1.23. The van der Waals surface area contributed by atoms with E-state index in [0.29, 0.717) is 10.4 Å². The second kappa shape index (κ2) is 7.42. The van der Waals surface area contributed by atoms with Gasteiger partial charge in [-0.05, 0) is 30.3 Å². The van der Waals surface area contributed by atoms with Gasteiger partial charge in [0.05, 0.1) is 17.0 Å². The van der Waals surface area contributed by atoms with Gasteiger partial charge in [-0.25, -0.2) is 12.8 Å². The Labute approximate surface area is 147 Å². The van der Waals surface area contributed by atoms with Crippen molar-refractivity contribution in [3.8, 4) is 0 Å². The van der Waals surface area contributed by atoms with Gasteiger partial charge in [-0.2, -0.15) is 17.5 Å². The molecule has 0 fully saturated rings. The molecule has 0 aliphatic carbocycles. The van der Waals surface area contributed by atoms with Crippen LogP contribution in [-0.4, -0.2) is 32.2 Å². The lowest BCUT2D eigenvalue weighted by Gasteiger charge is -2.19. The highest BCUT2D eigenvalue weighted by molar-refractivity contribution is 7.89. The molecule has 2 aromatic rings. The molecule has 0 spiro atoms. The summed E-state index contributed by atoms with van der Waals surface area (Å²) in [6.07, 6.45) is -4.87. The number of benzene rings is 2. The summed E-state index contributed by atoms with van der Waals surface area (Å²) in [4.78, 5) is 11.0. The van der Waals surface area contributed by atoms with Crippen molar-refractivity contribution in [1.29, 1.82) is 0 Å². The van der Waals surface area contributed by atoms with Gasteiger partial charge >= 0.3 is 6.18 Å². The smallest absolute Gasteiger partial charge is 0.325 e. The van der Waals surface area contributed by atoms with E-state index in [1.807, 2.05) is 0 Å². The minimum atomic E-state index is -4.87. The van der Waals surface area contributed by atoms with Crippen molar-refractivity contribution >= 4 is 21.6 Å². The molecule has 0 saturated heterocycles. The van der Waals surface area contributed by atoms with Crippen LogP contribution in [0.2, 0.25) is 0 Å². The third-order valence-corrected chi connectivity index (χ3v) is 5.22. The highest BCUT2D eigenvalue weighted by atomic mass is 32.2. The SMILES string of the molecule is CN(CC(=O)Nc1cccc(F)c1)S(=O)(=O)c1ccccc1C(F)(F)F. The fourth-order valence-corrected chi connectivity index (χ4v) is 3.48. The number of alkyl halides is 3. The molecule has 5 nitrogen and oxygen atoms in total. The van der Waals surface area contributed by atoms with Crippen LogP contribution in [0, 0.1) is 5.82 Å². The summed E-state index contributed by atoms with van der Waals surface area (Å²) in [7, 11) is -3.59. The summed E-state index contributed by atoms with van der Waals surface area (Å²) in [5, 5.41) is 2.27. The maximum atomic E-state index is 13.1. The summed E-state index contributed by atoms with van der Waals surface area (Å²) in [6.45, 7) is -0.745. The van der Waals surface area contributed by atoms with E-state index in [9.17, 15) is 30.8 Å². The number of rotatable bonds is 5. The van der Waals surface area contributed by atoms with Crippen LogP contribution in [0.4, 0.5) is 23.2 Å². The number of anilines is 1. The highest BCUT2D eigenvalue weighted by Crippen LogP contribution is 2.34. The summed E-state index contributed by atoms with van der Waals surface area (Å²) < 4.78 is 77.5. The third-order valence-electron chi connectivity index (χ3n) is 3.36. The van der Waals surface area contributed by atoms with Gasteiger partial charge in [-0.1, -0.05) is 18.2 Å². The van der Waals surface area contributed by atoms with E-state index in [2.05, 4.69) is 5.32 Å². The fourth-order valence-electron chi connectivity index (χ4n) is 2.15. The first kappa shape index (κ1) is 19.9. The Morgan fingerprint density at radius 3 is 2.38 bits per heavy atom. The molecule has 26 heavy (non-hydrogen) atoms. The number of hydrogen-bond donors (Lipinski definition) is 1. The standard InChI is InChI=1S/C16H14F4N2O3S/c1-22(10-15(23)21-12-6-4-5-11(17)9-12)26(24,25)14-8-3-2-7-13(14)16(18,19)20/h2-9H,10H2,1H3,(H,21,23). The van der Waals surface area contributed by atoms with E-state index in [0.717, 1.165) is 37.4 Å². The van der Waals surface area contributed by atoms with Crippen LogP contribution in [0.1, 0.15) is 5.56 Å². The number of hydrogen-bond acceptors (Lipinski definition) is 3. The Bertz CT molecular complexity index is 914. The summed E-state index contributed by atoms with van der Waals surface area (Å²) >= 11 is 0. The molecule has 0 bridgehead atoms. The average Bonchev–Trinajstić information content (AvgIpc) is 2.53. The Morgan fingerprint density at radius 2 is 1.77 bits per heavy atom. The number of nitrogens with zero attached hydrogens (tertiary/aromatic N) is 1. The van der Waals surface area contributed by atoms with E-state index >= 15 is 0 Å². The van der Waals surface area contributed by atoms with Gasteiger partial charge in [0.15, 0.2) is 0 Å². The topological polar surface area (TPSA) is 66.5 Å². The second-order valence-electron chi connectivity index (χ2n) is 5.31. The monoisotopic (exact) mass is 390 g/mol. The predicted molar refractivity (Wildman–Crippen MR) is 86.3 cm³/mol.